The maximum atomic E-state index is 12.9. The number of hydrogen-bond donors (Lipinski definition) is 0. The molecule has 3 heterocycles. The quantitative estimate of drug-likeness (QED) is 0.732. The van der Waals surface area contributed by atoms with Crippen molar-refractivity contribution < 1.29 is 9.59 Å². The summed E-state index contributed by atoms with van der Waals surface area (Å²) < 4.78 is 1.11. The average molecular weight is 397 g/mol. The van der Waals surface area contributed by atoms with Crippen LogP contribution in [0.4, 0.5) is 0 Å². The molecule has 0 saturated carbocycles. The summed E-state index contributed by atoms with van der Waals surface area (Å²) in [4.78, 5) is 29.7. The first kappa shape index (κ1) is 16.7. The van der Waals surface area contributed by atoms with Crippen LogP contribution in [-0.2, 0) is 9.59 Å². The Morgan fingerprint density at radius 2 is 1.96 bits per heavy atom. The molecule has 2 aliphatic heterocycles. The minimum atomic E-state index is -0.0293. The highest BCUT2D eigenvalue weighted by molar-refractivity contribution is 9.11. The Labute approximate surface area is 149 Å². The summed E-state index contributed by atoms with van der Waals surface area (Å²) in [5.74, 6) is 0.286. The summed E-state index contributed by atoms with van der Waals surface area (Å²) in [5, 5.41) is 0. The van der Waals surface area contributed by atoms with Crippen molar-refractivity contribution in [1.29, 1.82) is 0 Å². The van der Waals surface area contributed by atoms with Gasteiger partial charge in [-0.3, -0.25) is 9.59 Å². The fourth-order valence-electron chi connectivity index (χ4n) is 3.54. The lowest BCUT2D eigenvalue weighted by molar-refractivity contribution is -0.140. The van der Waals surface area contributed by atoms with Gasteiger partial charge in [-0.25, -0.2) is 0 Å². The van der Waals surface area contributed by atoms with Gasteiger partial charge in [0, 0.05) is 30.4 Å². The molecule has 4 nitrogen and oxygen atoms in total. The van der Waals surface area contributed by atoms with Crippen LogP contribution in [0.3, 0.4) is 0 Å². The molecular formula is C17H21BrN2O2S. The monoisotopic (exact) mass is 396 g/mol. The van der Waals surface area contributed by atoms with E-state index in [1.807, 2.05) is 0 Å². The third-order valence-corrected chi connectivity index (χ3v) is 6.51. The van der Waals surface area contributed by atoms with Gasteiger partial charge in [-0.2, -0.15) is 0 Å². The summed E-state index contributed by atoms with van der Waals surface area (Å²) in [6.07, 6.45) is 4.99. The van der Waals surface area contributed by atoms with Gasteiger partial charge in [-0.1, -0.05) is 6.58 Å². The molecule has 0 N–H and O–H groups in total. The maximum absolute atomic E-state index is 12.9. The van der Waals surface area contributed by atoms with Crippen molar-refractivity contribution in [1.82, 2.24) is 9.80 Å². The van der Waals surface area contributed by atoms with E-state index in [1.54, 1.807) is 16.2 Å². The van der Waals surface area contributed by atoms with Crippen molar-refractivity contribution in [2.24, 2.45) is 5.92 Å². The Morgan fingerprint density at radius 3 is 2.57 bits per heavy atom. The number of amides is 2. The molecule has 2 fully saturated rings. The van der Waals surface area contributed by atoms with E-state index in [0.717, 1.165) is 36.0 Å². The van der Waals surface area contributed by atoms with Crippen LogP contribution in [0.1, 0.15) is 36.6 Å². The SMILES string of the molecule is C=CC(=O)N1CCC(C(=O)N2CCCC2c2ccc(Br)s2)CC1. The number of carbonyl (C=O) groups excluding carboxylic acids is 2. The Hall–Kier alpha value is -1.14. The molecule has 2 aliphatic rings. The Morgan fingerprint density at radius 1 is 1.22 bits per heavy atom. The number of rotatable bonds is 3. The van der Waals surface area contributed by atoms with E-state index in [-0.39, 0.29) is 23.8 Å². The predicted molar refractivity (Wildman–Crippen MR) is 95.2 cm³/mol. The Bertz CT molecular complexity index is 607. The number of thiophene rings is 1. The van der Waals surface area contributed by atoms with Gasteiger partial charge in [0.05, 0.1) is 9.83 Å². The first-order chi connectivity index (χ1) is 11.1. The molecule has 1 unspecified atom stereocenters. The van der Waals surface area contributed by atoms with Crippen LogP contribution in [0.15, 0.2) is 28.6 Å². The van der Waals surface area contributed by atoms with E-state index >= 15 is 0 Å². The molecule has 0 bridgehead atoms. The largest absolute Gasteiger partial charge is 0.339 e. The van der Waals surface area contributed by atoms with Crippen molar-refractivity contribution in [3.8, 4) is 0 Å². The lowest BCUT2D eigenvalue weighted by Gasteiger charge is -2.34. The molecule has 0 aliphatic carbocycles. The van der Waals surface area contributed by atoms with E-state index in [4.69, 9.17) is 0 Å². The fraction of sp³-hybridized carbons (Fsp3) is 0.529. The lowest BCUT2D eigenvalue weighted by atomic mass is 9.94. The smallest absolute Gasteiger partial charge is 0.245 e. The third kappa shape index (κ3) is 3.53. The van der Waals surface area contributed by atoms with E-state index in [0.29, 0.717) is 13.1 Å². The van der Waals surface area contributed by atoms with Crippen LogP contribution < -0.4 is 0 Å². The normalized spacial score (nSPS) is 22.4. The van der Waals surface area contributed by atoms with E-state index in [9.17, 15) is 9.59 Å². The summed E-state index contributed by atoms with van der Waals surface area (Å²) in [6.45, 7) is 5.70. The molecule has 0 aromatic carbocycles. The Balaban J connectivity index is 1.64. The summed E-state index contributed by atoms with van der Waals surface area (Å²) >= 11 is 5.23. The summed E-state index contributed by atoms with van der Waals surface area (Å²) in [6, 6.07) is 4.41. The second-order valence-corrected chi connectivity index (χ2v) is 8.63. The molecule has 124 valence electrons. The van der Waals surface area contributed by atoms with E-state index in [1.165, 1.54) is 11.0 Å². The Kier molecular flexibility index (Phi) is 5.21. The number of nitrogens with zero attached hydrogens (tertiary/aromatic N) is 2. The molecule has 2 amide bonds. The molecule has 0 spiro atoms. The number of halogens is 1. The van der Waals surface area contributed by atoms with Crippen molar-refractivity contribution >= 4 is 39.1 Å². The van der Waals surface area contributed by atoms with Crippen LogP contribution >= 0.6 is 27.3 Å². The highest BCUT2D eigenvalue weighted by Crippen LogP contribution is 2.38. The van der Waals surface area contributed by atoms with Crippen LogP contribution in [0.25, 0.3) is 0 Å². The maximum Gasteiger partial charge on any atom is 0.245 e. The van der Waals surface area contributed by atoms with E-state index < -0.39 is 0 Å². The zero-order valence-electron chi connectivity index (χ0n) is 13.0. The fourth-order valence-corrected chi connectivity index (χ4v) is 5.12. The first-order valence-electron chi connectivity index (χ1n) is 8.07. The molecule has 1 aromatic heterocycles. The number of carbonyl (C=O) groups is 2. The van der Waals surface area contributed by atoms with Gasteiger partial charge in [-0.05, 0) is 59.8 Å². The minimum Gasteiger partial charge on any atom is -0.339 e. The predicted octanol–water partition coefficient (Wildman–Crippen LogP) is 3.60. The minimum absolute atomic E-state index is 0.0293. The molecule has 23 heavy (non-hydrogen) atoms. The molecule has 2 saturated heterocycles. The molecule has 0 radical (unpaired) electrons. The molecule has 1 atom stereocenters. The van der Waals surface area contributed by atoms with Gasteiger partial charge in [0.1, 0.15) is 0 Å². The second kappa shape index (κ2) is 7.18. The summed E-state index contributed by atoms with van der Waals surface area (Å²) in [7, 11) is 0. The van der Waals surface area contributed by atoms with Crippen LogP contribution in [0, 0.1) is 5.92 Å². The molecule has 3 rings (SSSR count). The molecule has 6 heteroatoms. The van der Waals surface area contributed by atoms with Crippen LogP contribution in [0.2, 0.25) is 0 Å². The zero-order chi connectivity index (χ0) is 16.4. The highest BCUT2D eigenvalue weighted by atomic mass is 79.9. The van der Waals surface area contributed by atoms with Crippen molar-refractivity contribution in [2.75, 3.05) is 19.6 Å². The van der Waals surface area contributed by atoms with Gasteiger partial charge in [-0.15, -0.1) is 11.3 Å². The van der Waals surface area contributed by atoms with Crippen LogP contribution in [0.5, 0.6) is 0 Å². The molecular weight excluding hydrogens is 376 g/mol. The molecule has 1 aromatic rings. The van der Waals surface area contributed by atoms with Gasteiger partial charge in [0.25, 0.3) is 0 Å². The van der Waals surface area contributed by atoms with Gasteiger partial charge in [0.2, 0.25) is 11.8 Å². The van der Waals surface area contributed by atoms with E-state index in [2.05, 4.69) is 39.5 Å². The number of likely N-dealkylation sites (tertiary alicyclic amines) is 2. The van der Waals surface area contributed by atoms with Gasteiger partial charge in [0.15, 0.2) is 0 Å². The number of hydrogen-bond acceptors (Lipinski definition) is 3. The standard InChI is InChI=1S/C17H21BrN2O2S/c1-2-16(21)19-10-7-12(8-11-19)17(22)20-9-3-4-13(20)14-5-6-15(18)23-14/h2,5-6,12-13H,1,3-4,7-11H2. The van der Waals surface area contributed by atoms with Gasteiger partial charge >= 0.3 is 0 Å². The average Bonchev–Trinajstić information content (AvgIpc) is 3.22. The van der Waals surface area contributed by atoms with Crippen molar-refractivity contribution in [3.05, 3.63) is 33.5 Å². The first-order valence-corrected chi connectivity index (χ1v) is 9.68. The topological polar surface area (TPSA) is 40.6 Å². The third-order valence-electron chi connectivity index (χ3n) is 4.79. The van der Waals surface area contributed by atoms with Crippen LogP contribution in [-0.4, -0.2) is 41.2 Å². The van der Waals surface area contributed by atoms with Crippen molar-refractivity contribution in [3.63, 3.8) is 0 Å². The lowest BCUT2D eigenvalue weighted by Crippen LogP contribution is -2.43. The zero-order valence-corrected chi connectivity index (χ0v) is 15.4. The van der Waals surface area contributed by atoms with Crippen molar-refractivity contribution in [2.45, 2.75) is 31.7 Å². The summed E-state index contributed by atoms with van der Waals surface area (Å²) in [5.41, 5.74) is 0. The highest BCUT2D eigenvalue weighted by Gasteiger charge is 2.36. The second-order valence-electron chi connectivity index (χ2n) is 6.14. The number of piperidine rings is 1. The van der Waals surface area contributed by atoms with Gasteiger partial charge < -0.3 is 9.80 Å².